The van der Waals surface area contributed by atoms with Crippen LogP contribution in [0.5, 0.6) is 0 Å². The summed E-state index contributed by atoms with van der Waals surface area (Å²) in [4.78, 5) is 72.7. The van der Waals surface area contributed by atoms with E-state index in [1.165, 1.54) is 23.5 Å². The van der Waals surface area contributed by atoms with E-state index in [0.29, 0.717) is 17.1 Å². The summed E-state index contributed by atoms with van der Waals surface area (Å²) in [6.07, 6.45) is 0.815. The zero-order valence-corrected chi connectivity index (χ0v) is 31.7. The molecule has 14 heteroatoms. The van der Waals surface area contributed by atoms with E-state index in [0.717, 1.165) is 5.56 Å². The molecule has 1 aliphatic heterocycles. The molecule has 274 valence electrons. The van der Waals surface area contributed by atoms with Crippen molar-refractivity contribution >= 4 is 64.0 Å². The maximum absolute atomic E-state index is 14.0. The summed E-state index contributed by atoms with van der Waals surface area (Å²) < 4.78 is 5.39. The van der Waals surface area contributed by atoms with E-state index < -0.39 is 53.4 Å². The van der Waals surface area contributed by atoms with E-state index in [9.17, 15) is 24.0 Å². The molecule has 1 aliphatic rings. The Labute approximate surface area is 312 Å². The second-order valence-corrected chi connectivity index (χ2v) is 15.4. The molecular formula is C37H45Cl2N5O6S. The van der Waals surface area contributed by atoms with Crippen LogP contribution in [-0.2, 0) is 36.8 Å². The second kappa shape index (κ2) is 18.1. The lowest BCUT2D eigenvalue weighted by molar-refractivity contribution is -0.134. The number of thiazole rings is 1. The topological polar surface area (TPSA) is 159 Å². The van der Waals surface area contributed by atoms with Gasteiger partial charge in [0, 0.05) is 23.2 Å². The molecule has 1 aromatic heterocycles. The Kier molecular flexibility index (Phi) is 14.2. The molecule has 3 aromatic rings. The number of rotatable bonds is 18. The number of ketones is 1. The summed E-state index contributed by atoms with van der Waals surface area (Å²) in [6, 6.07) is 9.55. The van der Waals surface area contributed by atoms with Gasteiger partial charge in [-0.25, -0.2) is 4.98 Å². The van der Waals surface area contributed by atoms with Gasteiger partial charge in [-0.05, 0) is 55.4 Å². The Morgan fingerprint density at radius 3 is 1.96 bits per heavy atom. The number of Topliss-reactive ketones (excluding diaryl/α,β-unsaturated/α-hetero) is 1. The van der Waals surface area contributed by atoms with Gasteiger partial charge in [0.05, 0.1) is 34.4 Å². The summed E-state index contributed by atoms with van der Waals surface area (Å²) in [5.41, 5.74) is 2.11. The van der Waals surface area contributed by atoms with Crippen molar-refractivity contribution in [3.63, 3.8) is 0 Å². The molecule has 2 aromatic carbocycles. The largest absolute Gasteiger partial charge is 0.361 e. The number of nitrogens with zero attached hydrogens (tertiary/aromatic N) is 1. The number of carbonyl (C=O) groups is 5. The molecule has 1 saturated heterocycles. The Hall–Kier alpha value is -3.84. The van der Waals surface area contributed by atoms with E-state index in [4.69, 9.17) is 27.9 Å². The highest BCUT2D eigenvalue weighted by Crippen LogP contribution is 2.30. The van der Waals surface area contributed by atoms with Crippen molar-refractivity contribution in [2.24, 2.45) is 11.8 Å². The van der Waals surface area contributed by atoms with E-state index >= 15 is 0 Å². The minimum Gasteiger partial charge on any atom is -0.361 e. The van der Waals surface area contributed by atoms with Gasteiger partial charge in [0.1, 0.15) is 23.7 Å². The maximum Gasteiger partial charge on any atom is 0.253 e. The number of benzene rings is 2. The summed E-state index contributed by atoms with van der Waals surface area (Å²) in [7, 11) is 0. The molecule has 0 radical (unpaired) electrons. The highest BCUT2D eigenvalue weighted by molar-refractivity contribution is 7.07. The zero-order valence-electron chi connectivity index (χ0n) is 29.3. The van der Waals surface area contributed by atoms with Crippen molar-refractivity contribution in [3.05, 3.63) is 86.3 Å². The van der Waals surface area contributed by atoms with Crippen molar-refractivity contribution in [2.75, 3.05) is 6.61 Å². The fourth-order valence-corrected chi connectivity index (χ4v) is 6.51. The van der Waals surface area contributed by atoms with E-state index in [2.05, 4.69) is 26.3 Å². The van der Waals surface area contributed by atoms with Crippen LogP contribution in [-0.4, -0.2) is 70.8 Å². The smallest absolute Gasteiger partial charge is 0.253 e. The van der Waals surface area contributed by atoms with Gasteiger partial charge in [-0.1, -0.05) is 81.2 Å². The van der Waals surface area contributed by atoms with Gasteiger partial charge in [0.2, 0.25) is 17.7 Å². The summed E-state index contributed by atoms with van der Waals surface area (Å²) in [6.45, 7) is 9.70. The van der Waals surface area contributed by atoms with Gasteiger partial charge in [0.15, 0.2) is 5.78 Å². The quantitative estimate of drug-likeness (QED) is 0.134. The van der Waals surface area contributed by atoms with Gasteiger partial charge >= 0.3 is 0 Å². The third-order valence-corrected chi connectivity index (χ3v) is 9.59. The number of nitrogens with one attached hydrogen (secondary N) is 4. The fraction of sp³-hybridized carbons (Fsp3) is 0.459. The standard InChI is InChI=1S/C37H45Cl2N5O6S/c1-21(2)13-28(32(45)37(5)19-50-37)41-35(48)30(15-23-9-7-6-8-10-23)44-34(47)29(14-22(3)4)43-36(49)31(17-25-18-51-20-40-25)42-33(46)26-16-24(38)11-12-27(26)39/h6-12,16,18,20-22,28-31H,13-15,17,19H2,1-5H3,(H,41,48)(H,42,46)(H,43,49)(H,44,47)/t28-,29-,30-,31-,37+/m0/s1. The maximum atomic E-state index is 14.0. The average molecular weight is 759 g/mol. The first-order valence-corrected chi connectivity index (χ1v) is 18.6. The van der Waals surface area contributed by atoms with E-state index in [1.807, 2.05) is 58.0 Å². The first kappa shape index (κ1) is 39.9. The van der Waals surface area contributed by atoms with E-state index in [-0.39, 0.29) is 54.1 Å². The Morgan fingerprint density at radius 2 is 1.37 bits per heavy atom. The van der Waals surface area contributed by atoms with Crippen LogP contribution in [0.3, 0.4) is 0 Å². The van der Waals surface area contributed by atoms with Crippen LogP contribution >= 0.6 is 34.5 Å². The van der Waals surface area contributed by atoms with Crippen LogP contribution in [0, 0.1) is 11.8 Å². The highest BCUT2D eigenvalue weighted by Gasteiger charge is 2.50. The SMILES string of the molecule is CC(C)C[C@H](NC(=O)[C@H](Cc1cscn1)NC(=O)c1cc(Cl)ccc1Cl)C(=O)N[C@@H](Cc1ccccc1)C(=O)N[C@@H](CC(C)C)C(=O)[C@@]1(C)CO1. The van der Waals surface area contributed by atoms with Gasteiger partial charge in [0.25, 0.3) is 5.91 Å². The molecule has 0 bridgehead atoms. The number of carbonyl (C=O) groups excluding carboxylic acids is 5. The highest BCUT2D eigenvalue weighted by atomic mass is 35.5. The lowest BCUT2D eigenvalue weighted by atomic mass is 9.93. The van der Waals surface area contributed by atoms with Crippen LogP contribution in [0.2, 0.25) is 10.0 Å². The summed E-state index contributed by atoms with van der Waals surface area (Å²) in [5, 5.41) is 13.5. The Balaban J connectivity index is 1.56. The first-order valence-electron chi connectivity index (χ1n) is 16.9. The molecule has 0 aliphatic carbocycles. The molecule has 4 amide bonds. The number of halogens is 2. The molecule has 0 saturated carbocycles. The molecule has 0 spiro atoms. The van der Waals surface area contributed by atoms with Crippen LogP contribution in [0.4, 0.5) is 0 Å². The lowest BCUT2D eigenvalue weighted by Crippen LogP contribution is -2.59. The summed E-state index contributed by atoms with van der Waals surface area (Å²) >= 11 is 13.7. The number of ether oxygens (including phenoxy) is 1. The predicted octanol–water partition coefficient (Wildman–Crippen LogP) is 4.94. The molecule has 2 heterocycles. The third-order valence-electron chi connectivity index (χ3n) is 8.39. The number of epoxide rings is 1. The van der Waals surface area contributed by atoms with Crippen LogP contribution in [0.15, 0.2) is 59.4 Å². The van der Waals surface area contributed by atoms with Crippen molar-refractivity contribution in [1.29, 1.82) is 0 Å². The Bertz CT molecular complexity index is 1680. The van der Waals surface area contributed by atoms with Crippen LogP contribution in [0.25, 0.3) is 0 Å². The third kappa shape index (κ3) is 11.8. The van der Waals surface area contributed by atoms with Crippen molar-refractivity contribution < 1.29 is 28.7 Å². The second-order valence-electron chi connectivity index (χ2n) is 13.9. The fourth-order valence-electron chi connectivity index (χ4n) is 5.57. The number of aromatic nitrogens is 1. The van der Waals surface area contributed by atoms with Crippen molar-refractivity contribution in [1.82, 2.24) is 26.3 Å². The first-order chi connectivity index (χ1) is 24.1. The van der Waals surface area contributed by atoms with E-state index in [1.54, 1.807) is 23.9 Å². The number of hydrogen-bond acceptors (Lipinski definition) is 8. The van der Waals surface area contributed by atoms with Gasteiger partial charge < -0.3 is 26.0 Å². The molecule has 4 rings (SSSR count). The van der Waals surface area contributed by atoms with Crippen molar-refractivity contribution in [2.45, 2.75) is 90.1 Å². The average Bonchev–Trinajstić information content (AvgIpc) is 3.61. The number of amides is 4. The zero-order chi connectivity index (χ0) is 37.3. The number of hydrogen-bond donors (Lipinski definition) is 4. The summed E-state index contributed by atoms with van der Waals surface area (Å²) in [5.74, 6) is -2.52. The lowest BCUT2D eigenvalue weighted by Gasteiger charge is -2.28. The van der Waals surface area contributed by atoms with Gasteiger partial charge in [-0.3, -0.25) is 24.0 Å². The molecule has 5 atom stereocenters. The molecule has 1 fully saturated rings. The van der Waals surface area contributed by atoms with Gasteiger partial charge in [-0.2, -0.15) is 0 Å². The van der Waals surface area contributed by atoms with Gasteiger partial charge in [-0.15, -0.1) is 11.3 Å². The van der Waals surface area contributed by atoms with Crippen LogP contribution < -0.4 is 21.3 Å². The molecule has 51 heavy (non-hydrogen) atoms. The minimum atomic E-state index is -1.13. The predicted molar refractivity (Wildman–Crippen MR) is 198 cm³/mol. The monoisotopic (exact) mass is 757 g/mol. The molecule has 0 unspecified atom stereocenters. The Morgan fingerprint density at radius 1 is 0.804 bits per heavy atom. The van der Waals surface area contributed by atoms with Crippen LogP contribution in [0.1, 0.15) is 69.1 Å². The molecule has 11 nitrogen and oxygen atoms in total. The normalized spacial score (nSPS) is 17.6. The minimum absolute atomic E-state index is 0.0355. The molecule has 4 N–H and O–H groups in total. The molecular weight excluding hydrogens is 713 g/mol. The van der Waals surface area contributed by atoms with Crippen molar-refractivity contribution in [3.8, 4) is 0 Å².